The van der Waals surface area contributed by atoms with Crippen LogP contribution in [-0.2, 0) is 6.61 Å². The van der Waals surface area contributed by atoms with Crippen molar-refractivity contribution in [3.63, 3.8) is 0 Å². The van der Waals surface area contributed by atoms with Crippen LogP contribution in [0.15, 0.2) is 34.9 Å². The molecule has 0 aliphatic heterocycles. The van der Waals surface area contributed by atoms with Crippen LogP contribution in [0.2, 0.25) is 0 Å². The van der Waals surface area contributed by atoms with E-state index in [1.165, 1.54) is 6.26 Å². The molecule has 0 aliphatic carbocycles. The van der Waals surface area contributed by atoms with Crippen LogP contribution < -0.4 is 10.5 Å². The third kappa shape index (κ3) is 2.42. The summed E-state index contributed by atoms with van der Waals surface area (Å²) in [5.41, 5.74) is 5.15. The molecule has 0 spiro atoms. The summed E-state index contributed by atoms with van der Waals surface area (Å²) in [4.78, 5) is 10.7. The number of carboxylic acids is 1. The highest BCUT2D eigenvalue weighted by atomic mass is 19.1. The van der Waals surface area contributed by atoms with E-state index in [1.807, 2.05) is 0 Å². The topological polar surface area (TPSA) is 85.7 Å². The predicted molar refractivity (Wildman–Crippen MR) is 60.8 cm³/mol. The van der Waals surface area contributed by atoms with Gasteiger partial charge in [0.05, 0.1) is 17.5 Å². The van der Waals surface area contributed by atoms with Crippen molar-refractivity contribution in [2.45, 2.75) is 6.61 Å². The largest absolute Gasteiger partial charge is 0.483 e. The van der Waals surface area contributed by atoms with Gasteiger partial charge in [0.25, 0.3) is 0 Å². The van der Waals surface area contributed by atoms with E-state index in [-0.39, 0.29) is 18.0 Å². The fraction of sp³-hybridized carbons (Fsp3) is 0.0833. The van der Waals surface area contributed by atoms with Gasteiger partial charge in [0.2, 0.25) is 0 Å². The summed E-state index contributed by atoms with van der Waals surface area (Å²) in [5, 5.41) is 8.71. The van der Waals surface area contributed by atoms with Crippen molar-refractivity contribution in [3.8, 4) is 5.75 Å². The zero-order chi connectivity index (χ0) is 13.1. The maximum Gasteiger partial charge on any atom is 0.338 e. The van der Waals surface area contributed by atoms with E-state index in [0.717, 1.165) is 12.1 Å². The molecule has 5 nitrogen and oxygen atoms in total. The second-order valence-corrected chi connectivity index (χ2v) is 3.54. The maximum absolute atomic E-state index is 13.4. The Kier molecular flexibility index (Phi) is 3.18. The maximum atomic E-state index is 13.4. The smallest absolute Gasteiger partial charge is 0.338 e. The minimum Gasteiger partial charge on any atom is -0.483 e. The zero-order valence-electron chi connectivity index (χ0n) is 9.22. The van der Waals surface area contributed by atoms with Crippen LogP contribution in [0.3, 0.4) is 0 Å². The zero-order valence-corrected chi connectivity index (χ0v) is 9.22. The molecule has 2 aromatic rings. The first-order valence-electron chi connectivity index (χ1n) is 5.05. The molecule has 1 aromatic carbocycles. The number of hydrogen-bond acceptors (Lipinski definition) is 4. The van der Waals surface area contributed by atoms with Crippen molar-refractivity contribution in [3.05, 3.63) is 47.7 Å². The normalized spacial score (nSPS) is 10.3. The Morgan fingerprint density at radius 3 is 2.89 bits per heavy atom. The van der Waals surface area contributed by atoms with Crippen molar-refractivity contribution in [1.82, 2.24) is 0 Å². The van der Waals surface area contributed by atoms with Crippen LogP contribution in [0.5, 0.6) is 5.75 Å². The van der Waals surface area contributed by atoms with Crippen molar-refractivity contribution < 1.29 is 23.4 Å². The molecule has 94 valence electrons. The lowest BCUT2D eigenvalue weighted by atomic mass is 10.2. The molecule has 18 heavy (non-hydrogen) atoms. The van der Waals surface area contributed by atoms with Gasteiger partial charge < -0.3 is 20.0 Å². The Morgan fingerprint density at radius 1 is 1.50 bits per heavy atom. The molecule has 0 saturated heterocycles. The van der Waals surface area contributed by atoms with Gasteiger partial charge in [-0.3, -0.25) is 0 Å². The predicted octanol–water partition coefficient (Wildman–Crippen LogP) is 2.28. The van der Waals surface area contributed by atoms with Crippen LogP contribution in [0.4, 0.5) is 10.1 Å². The minimum absolute atomic E-state index is 0.0559. The van der Waals surface area contributed by atoms with Crippen molar-refractivity contribution in [2.24, 2.45) is 0 Å². The van der Waals surface area contributed by atoms with E-state index in [2.05, 4.69) is 0 Å². The molecule has 2 rings (SSSR count). The quantitative estimate of drug-likeness (QED) is 0.814. The molecule has 0 atom stereocenters. The van der Waals surface area contributed by atoms with Crippen LogP contribution in [0.25, 0.3) is 0 Å². The summed E-state index contributed by atoms with van der Waals surface area (Å²) in [6.45, 7) is 0.0864. The van der Waals surface area contributed by atoms with Crippen molar-refractivity contribution >= 4 is 11.7 Å². The van der Waals surface area contributed by atoms with E-state index in [4.69, 9.17) is 20.0 Å². The van der Waals surface area contributed by atoms with Crippen LogP contribution in [0.1, 0.15) is 16.1 Å². The molecule has 0 amide bonds. The molecule has 0 unspecified atom stereocenters. The number of carbonyl (C=O) groups is 1. The van der Waals surface area contributed by atoms with Gasteiger partial charge >= 0.3 is 5.97 Å². The minimum atomic E-state index is -1.38. The monoisotopic (exact) mass is 251 g/mol. The first kappa shape index (κ1) is 12.0. The molecule has 0 aliphatic rings. The standard InChI is InChI=1S/C12H10FNO4/c13-9-5-11(10(14)4-8(9)12(15)16)18-6-7-2-1-3-17-7/h1-5H,6,14H2,(H,15,16). The molecule has 0 bridgehead atoms. The van der Waals surface area contributed by atoms with Gasteiger partial charge in [-0.2, -0.15) is 0 Å². The molecular formula is C12H10FNO4. The first-order chi connectivity index (χ1) is 8.58. The summed E-state index contributed by atoms with van der Waals surface area (Å²) in [7, 11) is 0. The highest BCUT2D eigenvalue weighted by Crippen LogP contribution is 2.26. The van der Waals surface area contributed by atoms with E-state index in [0.29, 0.717) is 5.76 Å². The number of carboxylic acid groups (broad SMARTS) is 1. The lowest BCUT2D eigenvalue weighted by Crippen LogP contribution is -2.05. The molecule has 1 heterocycles. The third-order valence-electron chi connectivity index (χ3n) is 2.28. The van der Waals surface area contributed by atoms with Gasteiger partial charge in [-0.1, -0.05) is 0 Å². The molecular weight excluding hydrogens is 241 g/mol. The van der Waals surface area contributed by atoms with E-state index in [1.54, 1.807) is 12.1 Å². The lowest BCUT2D eigenvalue weighted by molar-refractivity contribution is 0.0692. The second kappa shape index (κ2) is 4.79. The fourth-order valence-electron chi connectivity index (χ4n) is 1.40. The molecule has 0 radical (unpaired) electrons. The molecule has 1 aromatic heterocycles. The number of hydrogen-bond donors (Lipinski definition) is 2. The number of aromatic carboxylic acids is 1. The Bertz CT molecular complexity index is 566. The van der Waals surface area contributed by atoms with Gasteiger partial charge in [0.15, 0.2) is 0 Å². The van der Waals surface area contributed by atoms with Crippen molar-refractivity contribution in [2.75, 3.05) is 5.73 Å². The number of benzene rings is 1. The van der Waals surface area contributed by atoms with E-state index in [9.17, 15) is 9.18 Å². The lowest BCUT2D eigenvalue weighted by Gasteiger charge is -2.09. The van der Waals surface area contributed by atoms with Crippen LogP contribution in [-0.4, -0.2) is 11.1 Å². The Hall–Kier alpha value is -2.50. The number of nitrogens with two attached hydrogens (primary N) is 1. The highest BCUT2D eigenvalue weighted by molar-refractivity contribution is 5.89. The SMILES string of the molecule is Nc1cc(C(=O)O)c(F)cc1OCc1ccco1. The Morgan fingerprint density at radius 2 is 2.28 bits per heavy atom. The number of furan rings is 1. The summed E-state index contributed by atoms with van der Waals surface area (Å²) < 4.78 is 23.7. The summed E-state index contributed by atoms with van der Waals surface area (Å²) >= 11 is 0. The number of rotatable bonds is 4. The number of anilines is 1. The summed E-state index contributed by atoms with van der Waals surface area (Å²) in [6, 6.07) is 5.35. The van der Waals surface area contributed by atoms with Gasteiger partial charge in [0, 0.05) is 6.07 Å². The molecule has 6 heteroatoms. The molecule has 3 N–H and O–H groups in total. The number of ether oxygens (including phenoxy) is 1. The highest BCUT2D eigenvalue weighted by Gasteiger charge is 2.14. The average Bonchev–Trinajstić information content (AvgIpc) is 2.82. The summed E-state index contributed by atoms with van der Waals surface area (Å²) in [6.07, 6.45) is 1.48. The Labute approximate surface area is 102 Å². The Balaban J connectivity index is 2.19. The van der Waals surface area contributed by atoms with Gasteiger partial charge in [-0.25, -0.2) is 9.18 Å². The number of halogens is 1. The van der Waals surface area contributed by atoms with Gasteiger partial charge in [0.1, 0.15) is 23.9 Å². The average molecular weight is 251 g/mol. The fourth-order valence-corrected chi connectivity index (χ4v) is 1.40. The van der Waals surface area contributed by atoms with Crippen LogP contribution >= 0.6 is 0 Å². The summed E-state index contributed by atoms with van der Waals surface area (Å²) in [5.74, 6) is -1.64. The number of nitrogen functional groups attached to an aromatic ring is 1. The van der Waals surface area contributed by atoms with Crippen LogP contribution in [0, 0.1) is 5.82 Å². The second-order valence-electron chi connectivity index (χ2n) is 3.54. The van der Waals surface area contributed by atoms with E-state index < -0.39 is 17.3 Å². The third-order valence-corrected chi connectivity index (χ3v) is 2.28. The molecule has 0 saturated carbocycles. The van der Waals surface area contributed by atoms with E-state index >= 15 is 0 Å². The molecule has 0 fully saturated rings. The first-order valence-corrected chi connectivity index (χ1v) is 5.05. The van der Waals surface area contributed by atoms with Crippen molar-refractivity contribution in [1.29, 1.82) is 0 Å². The van der Waals surface area contributed by atoms with Gasteiger partial charge in [-0.15, -0.1) is 0 Å². The van der Waals surface area contributed by atoms with Gasteiger partial charge in [-0.05, 0) is 18.2 Å².